The van der Waals surface area contributed by atoms with Crippen LogP contribution in [0.25, 0.3) is 0 Å². The summed E-state index contributed by atoms with van der Waals surface area (Å²) < 4.78 is 41.0. The number of nitrogens with zero attached hydrogens (tertiary/aromatic N) is 3. The van der Waals surface area contributed by atoms with Crippen LogP contribution in [-0.4, -0.2) is 48.8 Å². The summed E-state index contributed by atoms with van der Waals surface area (Å²) in [7, 11) is -0.543. The van der Waals surface area contributed by atoms with Gasteiger partial charge in [-0.05, 0) is 50.3 Å². The molecule has 4 rings (SSSR count). The Morgan fingerprint density at radius 3 is 2.26 bits per heavy atom. The molecule has 1 aromatic heterocycles. The van der Waals surface area contributed by atoms with E-state index in [4.69, 9.17) is 9.47 Å². The van der Waals surface area contributed by atoms with Gasteiger partial charge in [0, 0.05) is 24.3 Å². The molecular formula is C19H25N3O4S. The quantitative estimate of drug-likeness (QED) is 0.784. The normalized spacial score (nSPS) is 25.5. The maximum absolute atomic E-state index is 13.4. The highest BCUT2D eigenvalue weighted by Gasteiger charge is 2.47. The number of piperidine rings is 1. The Labute approximate surface area is 159 Å². The van der Waals surface area contributed by atoms with E-state index in [9.17, 15) is 8.42 Å². The number of methoxy groups -OCH3 is 2. The van der Waals surface area contributed by atoms with Crippen molar-refractivity contribution in [3.63, 3.8) is 0 Å². The number of hydrogen-bond donors (Lipinski definition) is 0. The first-order valence-corrected chi connectivity index (χ1v) is 10.6. The molecule has 2 aromatic rings. The highest BCUT2D eigenvalue weighted by Crippen LogP contribution is 2.44. The van der Waals surface area contributed by atoms with Crippen molar-refractivity contribution in [2.45, 2.75) is 55.6 Å². The molecule has 2 atom stereocenters. The molecule has 2 bridgehead atoms. The van der Waals surface area contributed by atoms with Crippen molar-refractivity contribution in [1.82, 2.24) is 14.1 Å². The highest BCUT2D eigenvalue weighted by molar-refractivity contribution is 7.89. The summed E-state index contributed by atoms with van der Waals surface area (Å²) in [4.78, 5) is 0.255. The minimum atomic E-state index is -3.59. The first-order chi connectivity index (χ1) is 12.9. The summed E-state index contributed by atoms with van der Waals surface area (Å²) in [5.74, 6) is 0.944. The van der Waals surface area contributed by atoms with E-state index in [1.165, 1.54) is 14.2 Å². The lowest BCUT2D eigenvalue weighted by atomic mass is 10.00. The minimum absolute atomic E-state index is 0.0105. The zero-order valence-electron chi connectivity index (χ0n) is 15.8. The molecule has 2 fully saturated rings. The lowest BCUT2D eigenvalue weighted by Crippen LogP contribution is -2.46. The molecule has 7 nitrogen and oxygen atoms in total. The van der Waals surface area contributed by atoms with Gasteiger partial charge in [-0.15, -0.1) is 0 Å². The zero-order valence-corrected chi connectivity index (χ0v) is 16.6. The lowest BCUT2D eigenvalue weighted by molar-refractivity contribution is 0.184. The number of ether oxygens (including phenoxy) is 2. The number of hydrogen-bond acceptors (Lipinski definition) is 5. The molecule has 0 spiro atoms. The van der Waals surface area contributed by atoms with Crippen molar-refractivity contribution in [3.8, 4) is 11.5 Å². The fourth-order valence-electron chi connectivity index (χ4n) is 4.45. The molecule has 0 N–H and O–H groups in total. The maximum Gasteiger partial charge on any atom is 0.243 e. The Hall–Kier alpha value is -2.06. The first kappa shape index (κ1) is 18.3. The van der Waals surface area contributed by atoms with Crippen LogP contribution in [-0.2, 0) is 10.0 Å². The van der Waals surface area contributed by atoms with Gasteiger partial charge in [-0.25, -0.2) is 8.42 Å². The Kier molecular flexibility index (Phi) is 4.63. The molecule has 0 aliphatic carbocycles. The molecule has 146 valence electrons. The SMILES string of the molecule is COc1ccc(S(=O)(=O)N2C3CCC2CC(n2cc(C)cn2)C3)cc1OC. The molecule has 8 heteroatoms. The van der Waals surface area contributed by atoms with E-state index >= 15 is 0 Å². The molecular weight excluding hydrogens is 366 g/mol. The smallest absolute Gasteiger partial charge is 0.243 e. The topological polar surface area (TPSA) is 73.7 Å². The van der Waals surface area contributed by atoms with Crippen LogP contribution >= 0.6 is 0 Å². The van der Waals surface area contributed by atoms with Gasteiger partial charge in [-0.1, -0.05) is 0 Å². The van der Waals surface area contributed by atoms with Crippen molar-refractivity contribution in [2.75, 3.05) is 14.2 Å². The van der Waals surface area contributed by atoms with Gasteiger partial charge >= 0.3 is 0 Å². The summed E-state index contributed by atoms with van der Waals surface area (Å²) in [5, 5.41) is 4.44. The summed E-state index contributed by atoms with van der Waals surface area (Å²) >= 11 is 0. The van der Waals surface area contributed by atoms with Crippen LogP contribution in [0.5, 0.6) is 11.5 Å². The Morgan fingerprint density at radius 1 is 1.04 bits per heavy atom. The van der Waals surface area contributed by atoms with Crippen LogP contribution < -0.4 is 9.47 Å². The van der Waals surface area contributed by atoms with E-state index in [0.717, 1.165) is 31.2 Å². The fourth-order valence-corrected chi connectivity index (χ4v) is 6.35. The van der Waals surface area contributed by atoms with Gasteiger partial charge in [-0.3, -0.25) is 4.68 Å². The molecule has 2 aliphatic rings. The van der Waals surface area contributed by atoms with Crippen LogP contribution in [0.4, 0.5) is 0 Å². The molecule has 2 unspecified atom stereocenters. The number of rotatable bonds is 5. The van der Waals surface area contributed by atoms with Gasteiger partial charge < -0.3 is 9.47 Å². The molecule has 2 saturated heterocycles. The third-order valence-corrected chi connectivity index (χ3v) is 7.68. The zero-order chi connectivity index (χ0) is 19.2. The molecule has 1 aromatic carbocycles. The minimum Gasteiger partial charge on any atom is -0.493 e. The predicted octanol–water partition coefficient (Wildman–Crippen LogP) is 2.77. The second-order valence-electron chi connectivity index (χ2n) is 7.36. The van der Waals surface area contributed by atoms with E-state index in [-0.39, 0.29) is 23.0 Å². The van der Waals surface area contributed by atoms with Gasteiger partial charge in [0.2, 0.25) is 10.0 Å². The molecule has 27 heavy (non-hydrogen) atoms. The maximum atomic E-state index is 13.4. The number of fused-ring (bicyclic) bond motifs is 2. The van der Waals surface area contributed by atoms with Crippen LogP contribution in [0.15, 0.2) is 35.5 Å². The molecule has 0 radical (unpaired) electrons. The van der Waals surface area contributed by atoms with Crippen molar-refractivity contribution in [1.29, 1.82) is 0 Å². The van der Waals surface area contributed by atoms with Crippen LogP contribution in [0.1, 0.15) is 37.3 Å². The Bertz CT molecular complexity index is 926. The number of sulfonamides is 1. The number of aromatic nitrogens is 2. The predicted molar refractivity (Wildman–Crippen MR) is 101 cm³/mol. The Morgan fingerprint density at radius 2 is 1.70 bits per heavy atom. The standard InChI is InChI=1S/C19H25N3O4S/c1-13-11-20-21(12-13)16-8-14-4-5-15(9-16)22(14)27(23,24)17-6-7-18(25-2)19(10-17)26-3/h6-7,10-12,14-16H,4-5,8-9H2,1-3H3. The average Bonchev–Trinajstić information content (AvgIpc) is 3.22. The van der Waals surface area contributed by atoms with Crippen LogP contribution in [0.2, 0.25) is 0 Å². The molecule has 3 heterocycles. The summed E-state index contributed by atoms with van der Waals surface area (Å²) in [6.07, 6.45) is 7.29. The largest absolute Gasteiger partial charge is 0.493 e. The number of benzene rings is 1. The van der Waals surface area contributed by atoms with E-state index in [1.807, 2.05) is 24.0 Å². The highest BCUT2D eigenvalue weighted by atomic mass is 32.2. The summed E-state index contributed by atoms with van der Waals surface area (Å²) in [5.41, 5.74) is 1.13. The van der Waals surface area contributed by atoms with Gasteiger partial charge in [-0.2, -0.15) is 9.40 Å². The molecule has 2 aliphatic heterocycles. The fraction of sp³-hybridized carbons (Fsp3) is 0.526. The third kappa shape index (κ3) is 3.10. The lowest BCUT2D eigenvalue weighted by Gasteiger charge is -2.38. The van der Waals surface area contributed by atoms with Gasteiger partial charge in [0.25, 0.3) is 0 Å². The third-order valence-electron chi connectivity index (χ3n) is 5.68. The second kappa shape index (κ2) is 6.83. The van der Waals surface area contributed by atoms with E-state index in [0.29, 0.717) is 11.5 Å². The average molecular weight is 391 g/mol. The Balaban J connectivity index is 1.62. The summed E-state index contributed by atoms with van der Waals surface area (Å²) in [6.45, 7) is 2.02. The van der Waals surface area contributed by atoms with Crippen molar-refractivity contribution >= 4 is 10.0 Å². The van der Waals surface area contributed by atoms with Crippen molar-refractivity contribution < 1.29 is 17.9 Å². The van der Waals surface area contributed by atoms with Crippen molar-refractivity contribution in [2.24, 2.45) is 0 Å². The number of aryl methyl sites for hydroxylation is 1. The molecule has 0 saturated carbocycles. The summed E-state index contributed by atoms with van der Waals surface area (Å²) in [6, 6.07) is 5.07. The first-order valence-electron chi connectivity index (χ1n) is 9.20. The van der Waals surface area contributed by atoms with Gasteiger partial charge in [0.05, 0.1) is 31.4 Å². The van der Waals surface area contributed by atoms with E-state index in [2.05, 4.69) is 5.10 Å². The van der Waals surface area contributed by atoms with Crippen LogP contribution in [0.3, 0.4) is 0 Å². The second-order valence-corrected chi connectivity index (χ2v) is 9.20. The van der Waals surface area contributed by atoms with Gasteiger partial charge in [0.15, 0.2) is 11.5 Å². The van der Waals surface area contributed by atoms with E-state index in [1.54, 1.807) is 22.5 Å². The van der Waals surface area contributed by atoms with Crippen LogP contribution in [0, 0.1) is 6.92 Å². The molecule has 0 amide bonds. The van der Waals surface area contributed by atoms with Gasteiger partial charge in [0.1, 0.15) is 0 Å². The van der Waals surface area contributed by atoms with E-state index < -0.39 is 10.0 Å². The van der Waals surface area contributed by atoms with Crippen molar-refractivity contribution in [3.05, 3.63) is 36.2 Å². The monoisotopic (exact) mass is 391 g/mol.